The lowest BCUT2D eigenvalue weighted by atomic mass is 10.0. The number of methoxy groups -OCH3 is 2. The third-order valence-corrected chi connectivity index (χ3v) is 4.87. The highest BCUT2D eigenvalue weighted by atomic mass is 16.5. The van der Waals surface area contributed by atoms with Gasteiger partial charge in [-0.05, 0) is 38.0 Å². The molecule has 1 heterocycles. The van der Waals surface area contributed by atoms with Crippen molar-refractivity contribution in [1.82, 2.24) is 10.2 Å². The van der Waals surface area contributed by atoms with E-state index in [-0.39, 0.29) is 5.91 Å². The van der Waals surface area contributed by atoms with Gasteiger partial charge in [-0.2, -0.15) is 5.10 Å². The average molecular weight is 393 g/mol. The second-order valence-electron chi connectivity index (χ2n) is 6.99. The second kappa shape index (κ2) is 8.82. The Hall–Kier alpha value is -3.28. The summed E-state index contributed by atoms with van der Waals surface area (Å²) >= 11 is 0. The Kier molecular flexibility index (Phi) is 6.22. The summed E-state index contributed by atoms with van der Waals surface area (Å²) in [6.07, 6.45) is 1.70. The molecule has 6 heteroatoms. The maximum atomic E-state index is 13.2. The van der Waals surface area contributed by atoms with E-state index in [0.29, 0.717) is 22.7 Å². The molecule has 0 radical (unpaired) electrons. The smallest absolute Gasteiger partial charge is 0.263 e. The number of hydrogen-bond donors (Lipinski definition) is 2. The number of aromatic nitrogens is 2. The summed E-state index contributed by atoms with van der Waals surface area (Å²) in [5.41, 5.74) is 5.93. The summed E-state index contributed by atoms with van der Waals surface area (Å²) in [6, 6.07) is 11.5. The number of hydrogen-bond acceptors (Lipinski definition) is 4. The van der Waals surface area contributed by atoms with Crippen LogP contribution in [0.2, 0.25) is 0 Å². The van der Waals surface area contributed by atoms with E-state index < -0.39 is 0 Å². The Morgan fingerprint density at radius 1 is 1.10 bits per heavy atom. The quantitative estimate of drug-likeness (QED) is 0.598. The van der Waals surface area contributed by atoms with Crippen LogP contribution in [0, 0.1) is 13.8 Å². The van der Waals surface area contributed by atoms with Crippen molar-refractivity contribution in [2.75, 3.05) is 19.5 Å². The zero-order chi connectivity index (χ0) is 21.0. The fourth-order valence-corrected chi connectivity index (χ4v) is 3.47. The molecule has 0 saturated carbocycles. The minimum atomic E-state index is -0.302. The molecular formula is C23H27N3O3. The molecular weight excluding hydrogens is 366 g/mol. The van der Waals surface area contributed by atoms with E-state index in [1.54, 1.807) is 18.2 Å². The highest BCUT2D eigenvalue weighted by Gasteiger charge is 2.23. The highest BCUT2D eigenvalue weighted by Crippen LogP contribution is 2.34. The molecule has 0 spiro atoms. The Labute approximate surface area is 171 Å². The van der Waals surface area contributed by atoms with Crippen LogP contribution in [0.3, 0.4) is 0 Å². The van der Waals surface area contributed by atoms with Gasteiger partial charge in [-0.15, -0.1) is 0 Å². The fraction of sp³-hybridized carbons (Fsp3) is 0.304. The fourth-order valence-electron chi connectivity index (χ4n) is 3.47. The Bertz CT molecular complexity index is 1000. The molecule has 0 saturated heterocycles. The van der Waals surface area contributed by atoms with Crippen LogP contribution in [0.15, 0.2) is 36.4 Å². The molecule has 3 aromatic rings. The lowest BCUT2D eigenvalue weighted by molar-refractivity contribution is 0.102. The van der Waals surface area contributed by atoms with Gasteiger partial charge in [0.25, 0.3) is 5.91 Å². The van der Waals surface area contributed by atoms with E-state index in [1.165, 1.54) is 19.8 Å². The number of nitrogens with zero attached hydrogens (tertiary/aromatic N) is 1. The van der Waals surface area contributed by atoms with Crippen LogP contribution >= 0.6 is 0 Å². The van der Waals surface area contributed by atoms with Gasteiger partial charge in [0.1, 0.15) is 22.8 Å². The zero-order valence-electron chi connectivity index (χ0n) is 17.6. The number of H-pyrrole nitrogens is 1. The molecule has 2 aromatic carbocycles. The van der Waals surface area contributed by atoms with E-state index in [2.05, 4.69) is 35.4 Å². The molecule has 152 valence electrons. The van der Waals surface area contributed by atoms with Gasteiger partial charge in [0.2, 0.25) is 0 Å². The number of ether oxygens (including phenoxy) is 2. The molecule has 0 unspecified atom stereocenters. The monoisotopic (exact) mass is 393 g/mol. The van der Waals surface area contributed by atoms with Crippen LogP contribution < -0.4 is 14.8 Å². The van der Waals surface area contributed by atoms with Crippen LogP contribution in [-0.4, -0.2) is 30.3 Å². The zero-order valence-corrected chi connectivity index (χ0v) is 17.6. The van der Waals surface area contributed by atoms with Crippen molar-refractivity contribution in [2.24, 2.45) is 0 Å². The molecule has 0 aliphatic rings. The van der Waals surface area contributed by atoms with Gasteiger partial charge in [-0.3, -0.25) is 9.89 Å². The van der Waals surface area contributed by atoms with Crippen LogP contribution in [-0.2, 0) is 6.42 Å². The van der Waals surface area contributed by atoms with E-state index in [0.717, 1.165) is 35.4 Å². The molecule has 0 aliphatic heterocycles. The summed E-state index contributed by atoms with van der Waals surface area (Å²) in [7, 11) is 3.07. The number of benzene rings is 2. The number of carbonyl (C=O) groups is 1. The third-order valence-electron chi connectivity index (χ3n) is 4.87. The Morgan fingerprint density at radius 3 is 2.38 bits per heavy atom. The summed E-state index contributed by atoms with van der Waals surface area (Å²) in [5, 5.41) is 10.7. The lowest BCUT2D eigenvalue weighted by Gasteiger charge is -2.14. The van der Waals surface area contributed by atoms with Crippen molar-refractivity contribution in [3.63, 3.8) is 0 Å². The van der Waals surface area contributed by atoms with Gasteiger partial charge in [0.15, 0.2) is 0 Å². The summed E-state index contributed by atoms with van der Waals surface area (Å²) in [4.78, 5) is 13.2. The standard InChI is InChI=1S/C23H27N3O3/c1-6-8-17-22(21(26-25-17)16-12-11-14(2)13-15(16)3)24-23(27)20-18(28-4)9-7-10-19(20)29-5/h7,9-13H,6,8H2,1-5H3,(H,24,27)(H,25,26). The van der Waals surface area contributed by atoms with Crippen LogP contribution in [0.4, 0.5) is 5.69 Å². The maximum Gasteiger partial charge on any atom is 0.263 e. The number of aromatic amines is 1. The molecule has 1 amide bonds. The first-order valence-electron chi connectivity index (χ1n) is 9.67. The van der Waals surface area contributed by atoms with Gasteiger partial charge in [0, 0.05) is 5.56 Å². The largest absolute Gasteiger partial charge is 0.496 e. The van der Waals surface area contributed by atoms with E-state index >= 15 is 0 Å². The molecule has 0 fully saturated rings. The van der Waals surface area contributed by atoms with Gasteiger partial charge in [-0.1, -0.05) is 43.2 Å². The first-order valence-corrected chi connectivity index (χ1v) is 9.67. The third kappa shape index (κ3) is 4.11. The molecule has 2 N–H and O–H groups in total. The van der Waals surface area contributed by atoms with E-state index in [9.17, 15) is 4.79 Å². The number of anilines is 1. The second-order valence-corrected chi connectivity index (χ2v) is 6.99. The molecule has 0 atom stereocenters. The molecule has 0 bridgehead atoms. The van der Waals surface area contributed by atoms with Crippen molar-refractivity contribution in [2.45, 2.75) is 33.6 Å². The van der Waals surface area contributed by atoms with Gasteiger partial charge >= 0.3 is 0 Å². The van der Waals surface area contributed by atoms with Crippen molar-refractivity contribution < 1.29 is 14.3 Å². The number of carbonyl (C=O) groups excluding carboxylic acids is 1. The van der Waals surface area contributed by atoms with Crippen molar-refractivity contribution in [3.8, 4) is 22.8 Å². The predicted molar refractivity (Wildman–Crippen MR) is 115 cm³/mol. The summed E-state index contributed by atoms with van der Waals surface area (Å²) < 4.78 is 10.8. The van der Waals surface area contributed by atoms with E-state index in [4.69, 9.17) is 9.47 Å². The summed E-state index contributed by atoms with van der Waals surface area (Å²) in [6.45, 7) is 6.19. The number of amides is 1. The SMILES string of the molecule is CCCc1[nH]nc(-c2ccc(C)cc2C)c1NC(=O)c1c(OC)cccc1OC. The Balaban J connectivity index is 2.07. The molecule has 3 rings (SSSR count). The van der Waals surface area contributed by atoms with E-state index in [1.807, 2.05) is 19.1 Å². The predicted octanol–water partition coefficient (Wildman–Crippen LogP) is 4.92. The number of rotatable bonds is 7. The van der Waals surface area contributed by atoms with Crippen LogP contribution in [0.25, 0.3) is 11.3 Å². The number of nitrogens with one attached hydrogen (secondary N) is 2. The highest BCUT2D eigenvalue weighted by molar-refractivity contribution is 6.10. The van der Waals surface area contributed by atoms with Gasteiger partial charge < -0.3 is 14.8 Å². The minimum absolute atomic E-state index is 0.302. The van der Waals surface area contributed by atoms with Crippen molar-refractivity contribution in [1.29, 1.82) is 0 Å². The molecule has 0 aliphatic carbocycles. The summed E-state index contributed by atoms with van der Waals surface area (Å²) in [5.74, 6) is 0.606. The molecule has 6 nitrogen and oxygen atoms in total. The topological polar surface area (TPSA) is 76.2 Å². The normalized spacial score (nSPS) is 10.7. The van der Waals surface area contributed by atoms with Gasteiger partial charge in [-0.25, -0.2) is 0 Å². The number of aryl methyl sites for hydroxylation is 3. The maximum absolute atomic E-state index is 13.2. The lowest BCUT2D eigenvalue weighted by Crippen LogP contribution is -2.16. The molecule has 1 aromatic heterocycles. The minimum Gasteiger partial charge on any atom is -0.496 e. The average Bonchev–Trinajstić information content (AvgIpc) is 3.09. The van der Waals surface area contributed by atoms with Crippen LogP contribution in [0.1, 0.15) is 40.5 Å². The first kappa shape index (κ1) is 20.5. The van der Waals surface area contributed by atoms with Crippen LogP contribution in [0.5, 0.6) is 11.5 Å². The van der Waals surface area contributed by atoms with Crippen molar-refractivity contribution >= 4 is 11.6 Å². The first-order chi connectivity index (χ1) is 14.0. The Morgan fingerprint density at radius 2 is 1.79 bits per heavy atom. The van der Waals surface area contributed by atoms with Gasteiger partial charge in [0.05, 0.1) is 25.6 Å². The molecule has 29 heavy (non-hydrogen) atoms. The van der Waals surface area contributed by atoms with Crippen molar-refractivity contribution in [3.05, 3.63) is 58.8 Å².